The van der Waals surface area contributed by atoms with E-state index >= 15 is 0 Å². The van der Waals surface area contributed by atoms with Gasteiger partial charge in [-0.3, -0.25) is 9.52 Å². The van der Waals surface area contributed by atoms with Gasteiger partial charge in [-0.15, -0.1) is 0 Å². The first-order valence-corrected chi connectivity index (χ1v) is 9.74. The number of amides is 1. The highest BCUT2D eigenvalue weighted by Gasteiger charge is 2.23. The van der Waals surface area contributed by atoms with Crippen molar-refractivity contribution in [3.05, 3.63) is 59.7 Å². The molecule has 0 radical (unpaired) electrons. The number of carbonyl (C=O) groups excluding carboxylic acids is 1. The fourth-order valence-electron chi connectivity index (χ4n) is 2.74. The summed E-state index contributed by atoms with van der Waals surface area (Å²) in [6.45, 7) is 3.41. The van der Waals surface area contributed by atoms with E-state index in [0.29, 0.717) is 42.3 Å². The smallest absolute Gasteiger partial charge is 0.257 e. The van der Waals surface area contributed by atoms with Gasteiger partial charge in [-0.1, -0.05) is 30.3 Å². The Balaban J connectivity index is 1.83. The van der Waals surface area contributed by atoms with Gasteiger partial charge in [0.25, 0.3) is 5.91 Å². The van der Waals surface area contributed by atoms with Crippen molar-refractivity contribution in [1.82, 2.24) is 4.90 Å². The van der Waals surface area contributed by atoms with Crippen LogP contribution < -0.4 is 9.46 Å². The van der Waals surface area contributed by atoms with Gasteiger partial charge in [-0.2, -0.15) is 0 Å². The molecule has 0 saturated carbocycles. The Bertz CT molecular complexity index is 866. The van der Waals surface area contributed by atoms with Crippen LogP contribution in [0.1, 0.15) is 22.8 Å². The van der Waals surface area contributed by atoms with Gasteiger partial charge in [0.1, 0.15) is 12.4 Å². The van der Waals surface area contributed by atoms with Gasteiger partial charge in [0.15, 0.2) is 0 Å². The monoisotopic (exact) mass is 360 g/mol. The van der Waals surface area contributed by atoms with Crippen molar-refractivity contribution in [2.75, 3.05) is 24.4 Å². The zero-order valence-corrected chi connectivity index (χ0v) is 14.8. The summed E-state index contributed by atoms with van der Waals surface area (Å²) in [5.41, 5.74) is 1.42. The Labute approximate surface area is 147 Å². The zero-order valence-electron chi connectivity index (χ0n) is 13.9. The first-order chi connectivity index (χ1) is 12.0. The third-order valence-corrected chi connectivity index (χ3v) is 5.23. The molecule has 1 heterocycles. The normalized spacial score (nSPS) is 14.4. The molecular formula is C18H20N2O4S. The molecule has 6 nitrogen and oxygen atoms in total. The maximum Gasteiger partial charge on any atom is 0.257 e. The van der Waals surface area contributed by atoms with E-state index in [2.05, 4.69) is 4.72 Å². The Morgan fingerprint density at radius 3 is 2.64 bits per heavy atom. The van der Waals surface area contributed by atoms with Gasteiger partial charge in [0, 0.05) is 12.2 Å². The van der Waals surface area contributed by atoms with Crippen LogP contribution in [-0.4, -0.2) is 38.9 Å². The molecule has 7 heteroatoms. The zero-order chi connectivity index (χ0) is 17.9. The summed E-state index contributed by atoms with van der Waals surface area (Å²) >= 11 is 0. The Morgan fingerprint density at radius 1 is 1.16 bits per heavy atom. The molecule has 2 aromatic carbocycles. The number of sulfonamides is 1. The molecule has 1 aliphatic rings. The first kappa shape index (κ1) is 17.3. The fraction of sp³-hybridized carbons (Fsp3) is 0.278. The van der Waals surface area contributed by atoms with Gasteiger partial charge < -0.3 is 9.64 Å². The number of nitrogens with one attached hydrogen (secondary N) is 1. The van der Waals surface area contributed by atoms with Crippen LogP contribution in [0.3, 0.4) is 0 Å². The Kier molecular flexibility index (Phi) is 4.94. The lowest BCUT2D eigenvalue weighted by Crippen LogP contribution is -2.32. The highest BCUT2D eigenvalue weighted by molar-refractivity contribution is 7.91. The average molecular weight is 360 g/mol. The van der Waals surface area contributed by atoms with Crippen LogP contribution in [0.4, 0.5) is 5.69 Å². The second kappa shape index (κ2) is 7.14. The summed E-state index contributed by atoms with van der Waals surface area (Å²) in [5.74, 6) is 0.197. The molecule has 1 amide bonds. The lowest BCUT2D eigenvalue weighted by molar-refractivity contribution is 0.0765. The number of fused-ring (bicyclic) bond motifs is 1. The number of benzene rings is 2. The number of anilines is 1. The van der Waals surface area contributed by atoms with E-state index in [9.17, 15) is 13.2 Å². The van der Waals surface area contributed by atoms with Gasteiger partial charge in [-0.25, -0.2) is 8.42 Å². The second-order valence-corrected chi connectivity index (χ2v) is 7.51. The van der Waals surface area contributed by atoms with Crippen LogP contribution in [0.25, 0.3) is 0 Å². The largest absolute Gasteiger partial charge is 0.491 e. The van der Waals surface area contributed by atoms with E-state index < -0.39 is 10.0 Å². The van der Waals surface area contributed by atoms with Crippen LogP contribution in [0.5, 0.6) is 5.75 Å². The fourth-order valence-corrected chi connectivity index (χ4v) is 3.92. The van der Waals surface area contributed by atoms with Crippen LogP contribution >= 0.6 is 0 Å². The van der Waals surface area contributed by atoms with Crippen LogP contribution in [0, 0.1) is 0 Å². The van der Waals surface area contributed by atoms with E-state index in [0.717, 1.165) is 0 Å². The number of nitrogens with zero attached hydrogens (tertiary/aromatic N) is 1. The molecule has 1 N–H and O–H groups in total. The van der Waals surface area contributed by atoms with Gasteiger partial charge in [0.2, 0.25) is 10.0 Å². The lowest BCUT2D eigenvalue weighted by atomic mass is 10.1. The summed E-state index contributed by atoms with van der Waals surface area (Å²) in [7, 11) is -3.58. The van der Waals surface area contributed by atoms with E-state index in [-0.39, 0.29) is 11.7 Å². The molecule has 0 atom stereocenters. The number of ether oxygens (including phenoxy) is 1. The van der Waals surface area contributed by atoms with E-state index in [1.54, 1.807) is 41.3 Å². The maximum atomic E-state index is 12.5. The molecule has 1 aliphatic heterocycles. The summed E-state index contributed by atoms with van der Waals surface area (Å²) < 4.78 is 32.9. The summed E-state index contributed by atoms with van der Waals surface area (Å²) in [5, 5.41) is 0. The SMILES string of the molecule is CCN1CCOc2ccc(NS(=O)(=O)Cc3ccccc3)cc2C1=O. The molecule has 0 fully saturated rings. The van der Waals surface area contributed by atoms with Crippen LogP contribution in [0.2, 0.25) is 0 Å². The molecular weight excluding hydrogens is 340 g/mol. The van der Waals surface area contributed by atoms with Crippen molar-refractivity contribution in [3.8, 4) is 5.75 Å². The minimum atomic E-state index is -3.58. The third-order valence-electron chi connectivity index (χ3n) is 3.97. The second-order valence-electron chi connectivity index (χ2n) is 5.79. The molecule has 0 spiro atoms. The van der Waals surface area contributed by atoms with Crippen LogP contribution in [0.15, 0.2) is 48.5 Å². The molecule has 0 aliphatic carbocycles. The average Bonchev–Trinajstić information content (AvgIpc) is 2.74. The number of rotatable bonds is 5. The summed E-state index contributed by atoms with van der Waals surface area (Å²) in [6.07, 6.45) is 0. The maximum absolute atomic E-state index is 12.5. The van der Waals surface area contributed by atoms with E-state index in [4.69, 9.17) is 4.74 Å². The molecule has 2 aromatic rings. The van der Waals surface area contributed by atoms with E-state index in [1.165, 1.54) is 6.07 Å². The lowest BCUT2D eigenvalue weighted by Gasteiger charge is -2.17. The van der Waals surface area contributed by atoms with E-state index in [1.807, 2.05) is 13.0 Å². The Hall–Kier alpha value is -2.54. The van der Waals surface area contributed by atoms with Crippen molar-refractivity contribution in [2.45, 2.75) is 12.7 Å². The minimum absolute atomic E-state index is 0.129. The summed E-state index contributed by atoms with van der Waals surface area (Å²) in [4.78, 5) is 14.2. The van der Waals surface area contributed by atoms with Crippen molar-refractivity contribution < 1.29 is 17.9 Å². The number of carbonyl (C=O) groups is 1. The number of likely N-dealkylation sites (N-methyl/N-ethyl adjacent to an activating group) is 1. The molecule has 0 saturated heterocycles. The van der Waals surface area contributed by atoms with Crippen LogP contribution in [-0.2, 0) is 15.8 Å². The van der Waals surface area contributed by atoms with Crippen molar-refractivity contribution in [2.24, 2.45) is 0 Å². The molecule has 0 aromatic heterocycles. The predicted molar refractivity (Wildman–Crippen MR) is 96.2 cm³/mol. The number of hydrogen-bond donors (Lipinski definition) is 1. The standard InChI is InChI=1S/C18H20N2O4S/c1-2-20-10-11-24-17-9-8-15(12-16(17)18(20)21)19-25(22,23)13-14-6-4-3-5-7-14/h3-9,12,19H,2,10-11,13H2,1H3. The third kappa shape index (κ3) is 4.11. The minimum Gasteiger partial charge on any atom is -0.491 e. The van der Waals surface area contributed by atoms with Crippen molar-refractivity contribution in [3.63, 3.8) is 0 Å². The molecule has 0 bridgehead atoms. The topological polar surface area (TPSA) is 75.7 Å². The van der Waals surface area contributed by atoms with Crippen molar-refractivity contribution >= 4 is 21.6 Å². The number of hydrogen-bond acceptors (Lipinski definition) is 4. The molecule has 25 heavy (non-hydrogen) atoms. The van der Waals surface area contributed by atoms with Crippen molar-refractivity contribution in [1.29, 1.82) is 0 Å². The Morgan fingerprint density at radius 2 is 1.92 bits per heavy atom. The predicted octanol–water partition coefficient (Wildman–Crippen LogP) is 2.48. The molecule has 0 unspecified atom stereocenters. The van der Waals surface area contributed by atoms with Gasteiger partial charge in [-0.05, 0) is 30.7 Å². The first-order valence-electron chi connectivity index (χ1n) is 8.09. The summed E-state index contributed by atoms with van der Waals surface area (Å²) in [6, 6.07) is 13.7. The highest BCUT2D eigenvalue weighted by Crippen LogP contribution is 2.27. The molecule has 3 rings (SSSR count). The quantitative estimate of drug-likeness (QED) is 0.889. The van der Waals surface area contributed by atoms with Gasteiger partial charge >= 0.3 is 0 Å². The van der Waals surface area contributed by atoms with Gasteiger partial charge in [0.05, 0.1) is 17.9 Å². The highest BCUT2D eigenvalue weighted by atomic mass is 32.2. The molecule has 132 valence electrons.